The van der Waals surface area contributed by atoms with Gasteiger partial charge >= 0.3 is 0 Å². The van der Waals surface area contributed by atoms with Gasteiger partial charge in [0.25, 0.3) is 5.91 Å². The highest BCUT2D eigenvalue weighted by molar-refractivity contribution is 5.95. The molecule has 2 saturated heterocycles. The summed E-state index contributed by atoms with van der Waals surface area (Å²) in [5, 5.41) is 0. The molecule has 0 aliphatic carbocycles. The summed E-state index contributed by atoms with van der Waals surface area (Å²) in [5.41, 5.74) is 1.61. The molecular formula is C21H23N5O2. The SMILES string of the molecule is O=C(c1ccn2cncc2c1)N1CC[C@H](Oc2cccnc2N2CCCC2)C1. The summed E-state index contributed by atoms with van der Waals surface area (Å²) in [6.07, 6.45) is 10.4. The Labute approximate surface area is 163 Å². The summed E-state index contributed by atoms with van der Waals surface area (Å²) in [7, 11) is 0. The summed E-state index contributed by atoms with van der Waals surface area (Å²) in [4.78, 5) is 25.7. The maximum Gasteiger partial charge on any atom is 0.254 e. The minimum absolute atomic E-state index is 0.00630. The van der Waals surface area contributed by atoms with Gasteiger partial charge in [0.05, 0.1) is 24.6 Å². The van der Waals surface area contributed by atoms with Crippen LogP contribution in [0.15, 0.2) is 49.2 Å². The Hall–Kier alpha value is -3.09. The van der Waals surface area contributed by atoms with E-state index >= 15 is 0 Å². The standard InChI is InChI=1S/C21H23N5O2/c27-21(16-5-10-26-15-22-13-17(26)12-16)25-11-6-18(14-25)28-19-4-3-7-23-20(19)24-8-1-2-9-24/h3-5,7,10,12-13,15,18H,1-2,6,8-9,11,14H2/t18-/m0/s1. The first-order chi connectivity index (χ1) is 13.8. The Bertz CT molecular complexity index is 995. The molecule has 7 heteroatoms. The molecule has 3 aromatic heterocycles. The van der Waals surface area contributed by atoms with Gasteiger partial charge in [-0.05, 0) is 37.1 Å². The topological polar surface area (TPSA) is 63.0 Å². The number of amides is 1. The van der Waals surface area contributed by atoms with E-state index in [0.717, 1.165) is 36.6 Å². The van der Waals surface area contributed by atoms with Crippen LogP contribution in [-0.4, -0.2) is 57.5 Å². The molecule has 2 fully saturated rings. The molecular weight excluding hydrogens is 354 g/mol. The summed E-state index contributed by atoms with van der Waals surface area (Å²) in [6.45, 7) is 3.35. The fraction of sp³-hybridized carbons (Fsp3) is 0.381. The summed E-state index contributed by atoms with van der Waals surface area (Å²) < 4.78 is 8.18. The van der Waals surface area contributed by atoms with Crippen LogP contribution in [0.5, 0.6) is 5.75 Å². The molecule has 0 saturated carbocycles. The van der Waals surface area contributed by atoms with Gasteiger partial charge in [-0.15, -0.1) is 0 Å². The number of aromatic nitrogens is 3. The van der Waals surface area contributed by atoms with E-state index in [2.05, 4.69) is 14.9 Å². The lowest BCUT2D eigenvalue weighted by Crippen LogP contribution is -2.31. The first-order valence-electron chi connectivity index (χ1n) is 9.85. The maximum absolute atomic E-state index is 12.9. The van der Waals surface area contributed by atoms with Crippen molar-refractivity contribution >= 4 is 17.2 Å². The number of imidazole rings is 1. The molecule has 2 aliphatic rings. The molecule has 5 rings (SSSR count). The van der Waals surface area contributed by atoms with Crippen molar-refractivity contribution in [3.63, 3.8) is 0 Å². The average molecular weight is 377 g/mol. The molecule has 7 nitrogen and oxygen atoms in total. The van der Waals surface area contributed by atoms with Crippen LogP contribution >= 0.6 is 0 Å². The third-order valence-electron chi connectivity index (χ3n) is 5.54. The van der Waals surface area contributed by atoms with Crippen molar-refractivity contribution in [2.45, 2.75) is 25.4 Å². The zero-order chi connectivity index (χ0) is 18.9. The van der Waals surface area contributed by atoms with E-state index in [-0.39, 0.29) is 12.0 Å². The van der Waals surface area contributed by atoms with E-state index in [1.165, 1.54) is 12.8 Å². The van der Waals surface area contributed by atoms with Crippen molar-refractivity contribution in [3.8, 4) is 5.75 Å². The fourth-order valence-electron chi connectivity index (χ4n) is 4.06. The number of carbonyl (C=O) groups excluding carboxylic acids is 1. The van der Waals surface area contributed by atoms with Crippen molar-refractivity contribution in [2.24, 2.45) is 0 Å². The lowest BCUT2D eigenvalue weighted by molar-refractivity contribution is 0.0772. The molecule has 28 heavy (non-hydrogen) atoms. The Balaban J connectivity index is 1.28. The predicted molar refractivity (Wildman–Crippen MR) is 106 cm³/mol. The molecule has 144 valence electrons. The van der Waals surface area contributed by atoms with E-state index < -0.39 is 0 Å². The van der Waals surface area contributed by atoms with Crippen LogP contribution in [0.3, 0.4) is 0 Å². The molecule has 3 aromatic rings. The number of likely N-dealkylation sites (tertiary alicyclic amines) is 1. The highest BCUT2D eigenvalue weighted by Gasteiger charge is 2.29. The number of hydrogen-bond acceptors (Lipinski definition) is 5. The van der Waals surface area contributed by atoms with Crippen LogP contribution in [0.4, 0.5) is 5.82 Å². The number of nitrogens with zero attached hydrogens (tertiary/aromatic N) is 5. The highest BCUT2D eigenvalue weighted by Crippen LogP contribution is 2.30. The Morgan fingerprint density at radius 1 is 1.18 bits per heavy atom. The number of ether oxygens (including phenoxy) is 1. The Morgan fingerprint density at radius 2 is 2.07 bits per heavy atom. The van der Waals surface area contributed by atoms with E-state index in [9.17, 15) is 4.79 Å². The molecule has 0 unspecified atom stereocenters. The number of anilines is 1. The van der Waals surface area contributed by atoms with E-state index in [0.29, 0.717) is 18.7 Å². The number of rotatable bonds is 4. The number of carbonyl (C=O) groups is 1. The van der Waals surface area contributed by atoms with Gasteiger partial charge in [-0.2, -0.15) is 0 Å². The number of fused-ring (bicyclic) bond motifs is 1. The monoisotopic (exact) mass is 377 g/mol. The molecule has 5 heterocycles. The van der Waals surface area contributed by atoms with Crippen LogP contribution in [0.25, 0.3) is 5.52 Å². The zero-order valence-corrected chi connectivity index (χ0v) is 15.7. The van der Waals surface area contributed by atoms with Gasteiger partial charge in [-0.1, -0.05) is 0 Å². The van der Waals surface area contributed by atoms with Crippen molar-refractivity contribution in [2.75, 3.05) is 31.1 Å². The van der Waals surface area contributed by atoms with Gasteiger partial charge in [0.2, 0.25) is 0 Å². The van der Waals surface area contributed by atoms with Crippen LogP contribution in [-0.2, 0) is 0 Å². The molecule has 0 spiro atoms. The summed E-state index contributed by atoms with van der Waals surface area (Å²) >= 11 is 0. The molecule has 1 atom stereocenters. The first kappa shape index (κ1) is 17.0. The number of hydrogen-bond donors (Lipinski definition) is 0. The second kappa shape index (κ2) is 7.14. The second-order valence-corrected chi connectivity index (χ2v) is 7.44. The first-order valence-corrected chi connectivity index (χ1v) is 9.85. The number of pyridine rings is 2. The van der Waals surface area contributed by atoms with Crippen molar-refractivity contribution < 1.29 is 9.53 Å². The third kappa shape index (κ3) is 3.17. The van der Waals surface area contributed by atoms with E-state index in [1.54, 1.807) is 12.5 Å². The average Bonchev–Trinajstić information content (AvgIpc) is 3.48. The molecule has 0 bridgehead atoms. The largest absolute Gasteiger partial charge is 0.485 e. The summed E-state index contributed by atoms with van der Waals surface area (Å²) in [6, 6.07) is 7.63. The molecule has 1 amide bonds. The molecule has 0 radical (unpaired) electrons. The summed E-state index contributed by atoms with van der Waals surface area (Å²) in [5.74, 6) is 1.79. The second-order valence-electron chi connectivity index (χ2n) is 7.44. The highest BCUT2D eigenvalue weighted by atomic mass is 16.5. The van der Waals surface area contributed by atoms with Crippen LogP contribution in [0.2, 0.25) is 0 Å². The Kier molecular flexibility index (Phi) is 4.35. The van der Waals surface area contributed by atoms with Crippen molar-refractivity contribution in [3.05, 3.63) is 54.7 Å². The van der Waals surface area contributed by atoms with Crippen molar-refractivity contribution in [1.82, 2.24) is 19.3 Å². The van der Waals surface area contributed by atoms with Crippen LogP contribution in [0, 0.1) is 0 Å². The maximum atomic E-state index is 12.9. The lowest BCUT2D eigenvalue weighted by atomic mass is 10.2. The van der Waals surface area contributed by atoms with E-state index in [1.807, 2.05) is 46.0 Å². The van der Waals surface area contributed by atoms with Gasteiger partial charge in [0, 0.05) is 44.0 Å². The molecule has 0 N–H and O–H groups in total. The van der Waals surface area contributed by atoms with Gasteiger partial charge in [-0.25, -0.2) is 9.97 Å². The van der Waals surface area contributed by atoms with Crippen molar-refractivity contribution in [1.29, 1.82) is 0 Å². The van der Waals surface area contributed by atoms with Crippen LogP contribution in [0.1, 0.15) is 29.6 Å². The predicted octanol–water partition coefficient (Wildman–Crippen LogP) is 2.62. The third-order valence-corrected chi connectivity index (χ3v) is 5.54. The smallest absolute Gasteiger partial charge is 0.254 e. The molecule has 0 aromatic carbocycles. The van der Waals surface area contributed by atoms with Gasteiger partial charge in [-0.3, -0.25) is 4.79 Å². The quantitative estimate of drug-likeness (QED) is 0.699. The molecule has 2 aliphatic heterocycles. The Morgan fingerprint density at radius 3 is 2.96 bits per heavy atom. The van der Waals surface area contributed by atoms with Gasteiger partial charge in [0.15, 0.2) is 11.6 Å². The fourth-order valence-corrected chi connectivity index (χ4v) is 4.06. The van der Waals surface area contributed by atoms with Crippen LogP contribution < -0.4 is 9.64 Å². The van der Waals surface area contributed by atoms with Gasteiger partial charge < -0.3 is 18.9 Å². The van der Waals surface area contributed by atoms with E-state index in [4.69, 9.17) is 4.74 Å². The minimum Gasteiger partial charge on any atom is -0.485 e. The minimum atomic E-state index is -0.00630. The van der Waals surface area contributed by atoms with Gasteiger partial charge in [0.1, 0.15) is 6.10 Å². The normalized spacial score (nSPS) is 19.5. The zero-order valence-electron chi connectivity index (χ0n) is 15.7. The lowest BCUT2D eigenvalue weighted by Gasteiger charge is -2.22.